The number of hydrogen-bond donors (Lipinski definition) is 0. The van der Waals surface area contributed by atoms with Crippen molar-refractivity contribution in [3.63, 3.8) is 0 Å². The first kappa shape index (κ1) is 17.5. The van der Waals surface area contributed by atoms with Crippen molar-refractivity contribution in [1.29, 1.82) is 0 Å². The maximum absolute atomic E-state index is 12.8. The molecule has 3 nitrogen and oxygen atoms in total. The second kappa shape index (κ2) is 7.74. The van der Waals surface area contributed by atoms with Gasteiger partial charge in [-0.15, -0.1) is 11.8 Å². The normalized spacial score (nSPS) is 11.6. The lowest BCUT2D eigenvalue weighted by atomic mass is 10.1. The second-order valence-corrected chi connectivity index (χ2v) is 6.41. The fraction of sp³-hybridized carbons (Fsp3) is 0.222. The van der Waals surface area contributed by atoms with Gasteiger partial charge in [0.25, 0.3) is 0 Å². The summed E-state index contributed by atoms with van der Waals surface area (Å²) in [6, 6.07) is 9.14. The summed E-state index contributed by atoms with van der Waals surface area (Å²) in [5, 5.41) is 0.730. The Hall–Kier alpha value is -2.28. The van der Waals surface area contributed by atoms with Crippen molar-refractivity contribution in [2.45, 2.75) is 17.5 Å². The van der Waals surface area contributed by atoms with Gasteiger partial charge < -0.3 is 4.74 Å². The first-order chi connectivity index (χ1) is 12.0. The highest BCUT2D eigenvalue weighted by Gasteiger charge is 2.30. The minimum Gasteiger partial charge on any atom is -0.492 e. The average molecular weight is 364 g/mol. The third kappa shape index (κ3) is 4.63. The topological polar surface area (TPSA) is 35.0 Å². The van der Waals surface area contributed by atoms with E-state index in [4.69, 9.17) is 4.74 Å². The van der Waals surface area contributed by atoms with E-state index < -0.39 is 11.7 Å². The highest BCUT2D eigenvalue weighted by Crippen LogP contribution is 2.33. The number of thioether (sulfide) groups is 1. The molecule has 0 saturated carbocycles. The molecule has 0 aliphatic heterocycles. The Morgan fingerprint density at radius 1 is 1.08 bits per heavy atom. The largest absolute Gasteiger partial charge is 0.492 e. The molecule has 0 amide bonds. The summed E-state index contributed by atoms with van der Waals surface area (Å²) in [5.74, 6) is 1.52. The Morgan fingerprint density at radius 3 is 2.72 bits per heavy atom. The summed E-state index contributed by atoms with van der Waals surface area (Å²) >= 11 is 1.58. The molecule has 2 heterocycles. The minimum absolute atomic E-state index is 0.353. The number of hydrogen-bond acceptors (Lipinski definition) is 4. The van der Waals surface area contributed by atoms with Gasteiger partial charge in [-0.1, -0.05) is 6.07 Å². The van der Waals surface area contributed by atoms with E-state index >= 15 is 0 Å². The fourth-order valence-corrected chi connectivity index (χ4v) is 3.25. The van der Waals surface area contributed by atoms with Crippen molar-refractivity contribution in [2.24, 2.45) is 0 Å². The molecular weight excluding hydrogens is 349 g/mol. The Kier molecular flexibility index (Phi) is 5.43. The summed E-state index contributed by atoms with van der Waals surface area (Å²) in [4.78, 5) is 8.94. The van der Waals surface area contributed by atoms with Gasteiger partial charge in [0.05, 0.1) is 23.9 Å². The molecule has 0 spiro atoms. The number of pyridine rings is 2. The van der Waals surface area contributed by atoms with Gasteiger partial charge in [-0.2, -0.15) is 13.2 Å². The van der Waals surface area contributed by atoms with Crippen LogP contribution in [-0.2, 0) is 6.18 Å². The second-order valence-electron chi connectivity index (χ2n) is 5.28. The lowest BCUT2D eigenvalue weighted by Crippen LogP contribution is -2.04. The number of nitrogens with zero attached hydrogens (tertiary/aromatic N) is 2. The van der Waals surface area contributed by atoms with E-state index in [2.05, 4.69) is 9.97 Å². The van der Waals surface area contributed by atoms with Crippen molar-refractivity contribution in [3.8, 4) is 5.75 Å². The predicted molar refractivity (Wildman–Crippen MR) is 91.8 cm³/mol. The number of aromatic nitrogens is 2. The van der Waals surface area contributed by atoms with Crippen LogP contribution in [0.15, 0.2) is 59.9 Å². The van der Waals surface area contributed by atoms with Gasteiger partial charge in [0.15, 0.2) is 0 Å². The highest BCUT2D eigenvalue weighted by molar-refractivity contribution is 7.99. The smallest absolute Gasteiger partial charge is 0.416 e. The summed E-state index contributed by atoms with van der Waals surface area (Å²) in [6.07, 6.45) is 1.33. The zero-order chi connectivity index (χ0) is 17.7. The highest BCUT2D eigenvalue weighted by atomic mass is 32.2. The van der Waals surface area contributed by atoms with E-state index in [1.165, 1.54) is 12.3 Å². The van der Waals surface area contributed by atoms with Crippen molar-refractivity contribution in [1.82, 2.24) is 9.97 Å². The zero-order valence-corrected chi connectivity index (χ0v) is 14.0. The quantitative estimate of drug-likeness (QED) is 0.444. The molecule has 0 aliphatic rings. The first-order valence-electron chi connectivity index (χ1n) is 7.65. The maximum atomic E-state index is 12.8. The van der Waals surface area contributed by atoms with E-state index in [1.807, 2.05) is 18.2 Å². The molecule has 0 fully saturated rings. The van der Waals surface area contributed by atoms with Crippen LogP contribution in [0.3, 0.4) is 0 Å². The first-order valence-corrected chi connectivity index (χ1v) is 8.64. The summed E-state index contributed by atoms with van der Waals surface area (Å²) in [6.45, 7) is 0.555. The Morgan fingerprint density at radius 2 is 1.96 bits per heavy atom. The van der Waals surface area contributed by atoms with Crippen molar-refractivity contribution in [2.75, 3.05) is 12.4 Å². The lowest BCUT2D eigenvalue weighted by Gasteiger charge is -2.10. The maximum Gasteiger partial charge on any atom is 0.416 e. The molecule has 3 aromatic rings. The van der Waals surface area contributed by atoms with Gasteiger partial charge in [0, 0.05) is 28.4 Å². The number of halogens is 3. The van der Waals surface area contributed by atoms with Crippen LogP contribution in [0.5, 0.6) is 5.75 Å². The molecule has 0 atom stereocenters. The van der Waals surface area contributed by atoms with Crippen molar-refractivity contribution < 1.29 is 17.9 Å². The minimum atomic E-state index is -4.36. The Balaban J connectivity index is 1.60. The molecule has 0 unspecified atom stereocenters. The number of alkyl halides is 3. The van der Waals surface area contributed by atoms with E-state index in [1.54, 1.807) is 24.2 Å². The number of rotatable bonds is 6. The van der Waals surface area contributed by atoms with Crippen LogP contribution in [0.4, 0.5) is 13.2 Å². The monoisotopic (exact) mass is 364 g/mol. The Bertz CT molecular complexity index is 841. The molecule has 1 aromatic carbocycles. The van der Waals surface area contributed by atoms with Gasteiger partial charge in [-0.3, -0.25) is 9.97 Å². The van der Waals surface area contributed by atoms with Crippen LogP contribution in [0.25, 0.3) is 10.9 Å². The molecule has 3 rings (SSSR count). The van der Waals surface area contributed by atoms with Crippen LogP contribution in [0.1, 0.15) is 12.0 Å². The van der Waals surface area contributed by atoms with Gasteiger partial charge in [0.2, 0.25) is 0 Å². The fourth-order valence-electron chi connectivity index (χ4n) is 2.29. The molecular formula is C18H15F3N2OS. The van der Waals surface area contributed by atoms with E-state index in [9.17, 15) is 13.2 Å². The van der Waals surface area contributed by atoms with E-state index in [-0.39, 0.29) is 0 Å². The molecule has 0 bridgehead atoms. The van der Waals surface area contributed by atoms with Crippen LogP contribution >= 0.6 is 11.8 Å². The van der Waals surface area contributed by atoms with Gasteiger partial charge >= 0.3 is 6.18 Å². The predicted octanol–water partition coefficient (Wildman–Crippen LogP) is 5.21. The van der Waals surface area contributed by atoms with Crippen LogP contribution < -0.4 is 4.74 Å². The number of benzene rings is 1. The number of fused-ring (bicyclic) bond motifs is 1. The van der Waals surface area contributed by atoms with Crippen LogP contribution in [0.2, 0.25) is 0 Å². The van der Waals surface area contributed by atoms with E-state index in [0.29, 0.717) is 12.1 Å². The SMILES string of the molecule is FC(F)(F)c1ccc2c(SCCCOc3cccnc3)ccnc2c1. The summed E-state index contributed by atoms with van der Waals surface area (Å²) < 4.78 is 43.9. The standard InChI is InChI=1S/C18H15F3N2OS/c19-18(20,21)13-4-5-15-16(11-13)23-8-6-17(15)25-10-2-9-24-14-3-1-7-22-12-14/h1,3-8,11-12H,2,9-10H2. The van der Waals surface area contributed by atoms with Crippen LogP contribution in [0, 0.1) is 0 Å². The van der Waals surface area contributed by atoms with Gasteiger partial charge in [0.1, 0.15) is 5.75 Å². The third-order valence-corrected chi connectivity index (χ3v) is 4.64. The lowest BCUT2D eigenvalue weighted by molar-refractivity contribution is -0.137. The summed E-state index contributed by atoms with van der Waals surface area (Å²) in [5.41, 5.74) is -0.328. The molecule has 2 aromatic heterocycles. The van der Waals surface area contributed by atoms with E-state index in [0.717, 1.165) is 40.3 Å². The van der Waals surface area contributed by atoms with Crippen molar-refractivity contribution >= 4 is 22.7 Å². The van der Waals surface area contributed by atoms with Gasteiger partial charge in [-0.05, 0) is 36.8 Å². The summed E-state index contributed by atoms with van der Waals surface area (Å²) in [7, 11) is 0. The Labute approximate surface area is 147 Å². The molecule has 0 saturated heterocycles. The molecule has 0 N–H and O–H groups in total. The number of ether oxygens (including phenoxy) is 1. The van der Waals surface area contributed by atoms with Crippen molar-refractivity contribution in [3.05, 3.63) is 60.6 Å². The molecule has 130 valence electrons. The molecule has 25 heavy (non-hydrogen) atoms. The molecule has 0 radical (unpaired) electrons. The van der Waals surface area contributed by atoms with Crippen LogP contribution in [-0.4, -0.2) is 22.3 Å². The average Bonchev–Trinajstić information content (AvgIpc) is 2.61. The molecule has 7 heteroatoms. The molecule has 0 aliphatic carbocycles. The van der Waals surface area contributed by atoms with Gasteiger partial charge in [-0.25, -0.2) is 0 Å². The third-order valence-electron chi connectivity index (χ3n) is 3.48. The zero-order valence-electron chi connectivity index (χ0n) is 13.2.